The Balaban J connectivity index is 1.67. The summed E-state index contributed by atoms with van der Waals surface area (Å²) in [5, 5.41) is 7.67. The van der Waals surface area contributed by atoms with Crippen LogP contribution in [0.4, 0.5) is 11.6 Å². The lowest BCUT2D eigenvalue weighted by Gasteiger charge is -2.09. The molecule has 0 amide bonds. The number of nitrogens with zero attached hydrogens (tertiary/aromatic N) is 4. The van der Waals surface area contributed by atoms with Gasteiger partial charge in [0.2, 0.25) is 5.91 Å². The molecule has 31 heavy (non-hydrogen) atoms. The molecule has 0 radical (unpaired) electrons. The Bertz CT molecular complexity index is 1130. The fraction of sp³-hybridized carbons (Fsp3) is 0.261. The molecular formula is C23H23N5O3. The molecule has 0 spiro atoms. The smallest absolute Gasteiger partial charge is 0.302 e. The van der Waals surface area contributed by atoms with E-state index in [0.29, 0.717) is 28.9 Å². The minimum Gasteiger partial charge on any atom is -0.462 e. The zero-order valence-electron chi connectivity index (χ0n) is 17.4. The van der Waals surface area contributed by atoms with Gasteiger partial charge in [-0.1, -0.05) is 36.4 Å². The molecule has 1 saturated carbocycles. The first-order valence-corrected chi connectivity index (χ1v) is 10.1. The lowest BCUT2D eigenvalue weighted by Crippen LogP contribution is -2.11. The largest absolute Gasteiger partial charge is 0.462 e. The number of carbonyl (C=O) groups excluding carboxylic acids is 2. The van der Waals surface area contributed by atoms with Gasteiger partial charge in [0.15, 0.2) is 11.6 Å². The van der Waals surface area contributed by atoms with Gasteiger partial charge in [0, 0.05) is 43.2 Å². The SMILES string of the molecule is CC(=O)OC/C=C/c1cnc(-c2ccccc2)nc1Nc1cc(C2CC2)n(C(C)=O)n1. The highest BCUT2D eigenvalue weighted by Crippen LogP contribution is 2.41. The van der Waals surface area contributed by atoms with E-state index in [1.54, 1.807) is 18.3 Å². The van der Waals surface area contributed by atoms with Gasteiger partial charge in [-0.2, -0.15) is 0 Å². The number of rotatable bonds is 7. The highest BCUT2D eigenvalue weighted by atomic mass is 16.5. The van der Waals surface area contributed by atoms with Gasteiger partial charge in [-0.05, 0) is 18.9 Å². The maximum absolute atomic E-state index is 12.0. The summed E-state index contributed by atoms with van der Waals surface area (Å²) in [6.07, 6.45) is 7.33. The molecule has 1 aliphatic carbocycles. The molecule has 2 heterocycles. The van der Waals surface area contributed by atoms with Crippen molar-refractivity contribution < 1.29 is 14.3 Å². The van der Waals surface area contributed by atoms with Gasteiger partial charge < -0.3 is 10.1 Å². The minimum atomic E-state index is -0.346. The van der Waals surface area contributed by atoms with E-state index >= 15 is 0 Å². The van der Waals surface area contributed by atoms with Crippen LogP contribution in [0.2, 0.25) is 0 Å². The maximum atomic E-state index is 12.0. The zero-order chi connectivity index (χ0) is 21.8. The van der Waals surface area contributed by atoms with E-state index < -0.39 is 0 Å². The van der Waals surface area contributed by atoms with Crippen LogP contribution in [0.3, 0.4) is 0 Å². The summed E-state index contributed by atoms with van der Waals surface area (Å²) in [5.74, 6) is 1.56. The van der Waals surface area contributed by atoms with Crippen LogP contribution in [-0.2, 0) is 9.53 Å². The second-order valence-electron chi connectivity index (χ2n) is 7.35. The van der Waals surface area contributed by atoms with Crippen molar-refractivity contribution in [2.75, 3.05) is 11.9 Å². The number of carbonyl (C=O) groups is 2. The second kappa shape index (κ2) is 8.91. The topological polar surface area (TPSA) is 99.0 Å². The fourth-order valence-corrected chi connectivity index (χ4v) is 3.18. The molecule has 158 valence electrons. The Kier molecular flexibility index (Phi) is 5.88. The van der Waals surface area contributed by atoms with E-state index in [4.69, 9.17) is 4.74 Å². The Morgan fingerprint density at radius 1 is 1.23 bits per heavy atom. The molecule has 0 saturated heterocycles. The number of anilines is 2. The number of benzene rings is 1. The Hall–Kier alpha value is -3.81. The number of esters is 1. The first kappa shape index (κ1) is 20.5. The summed E-state index contributed by atoms with van der Waals surface area (Å²) in [7, 11) is 0. The molecule has 8 heteroatoms. The van der Waals surface area contributed by atoms with Crippen molar-refractivity contribution in [3.05, 3.63) is 59.9 Å². The zero-order valence-corrected chi connectivity index (χ0v) is 17.4. The molecule has 0 bridgehead atoms. The van der Waals surface area contributed by atoms with Crippen molar-refractivity contribution in [3.63, 3.8) is 0 Å². The molecule has 2 aromatic heterocycles. The third-order valence-electron chi connectivity index (χ3n) is 4.81. The summed E-state index contributed by atoms with van der Waals surface area (Å²) in [6, 6.07) is 11.6. The van der Waals surface area contributed by atoms with Crippen molar-refractivity contribution in [1.29, 1.82) is 0 Å². The fourth-order valence-electron chi connectivity index (χ4n) is 3.18. The number of hydrogen-bond acceptors (Lipinski definition) is 7. The van der Waals surface area contributed by atoms with E-state index in [1.807, 2.05) is 36.4 Å². The third-order valence-corrected chi connectivity index (χ3v) is 4.81. The highest BCUT2D eigenvalue weighted by molar-refractivity contribution is 5.78. The summed E-state index contributed by atoms with van der Waals surface area (Å²) < 4.78 is 6.41. The Labute approximate surface area is 180 Å². The van der Waals surface area contributed by atoms with Crippen molar-refractivity contribution >= 4 is 29.6 Å². The second-order valence-corrected chi connectivity index (χ2v) is 7.35. The lowest BCUT2D eigenvalue weighted by molar-refractivity contribution is -0.139. The van der Waals surface area contributed by atoms with Crippen LogP contribution < -0.4 is 5.32 Å². The molecule has 1 aliphatic rings. The Morgan fingerprint density at radius 2 is 2.00 bits per heavy atom. The van der Waals surface area contributed by atoms with Gasteiger partial charge in [0.05, 0.1) is 5.69 Å². The molecule has 1 fully saturated rings. The molecule has 8 nitrogen and oxygen atoms in total. The average molecular weight is 417 g/mol. The van der Waals surface area contributed by atoms with Crippen molar-refractivity contribution in [2.45, 2.75) is 32.6 Å². The molecule has 3 aromatic rings. The monoisotopic (exact) mass is 417 g/mol. The van der Waals surface area contributed by atoms with E-state index in [-0.39, 0.29) is 18.5 Å². The van der Waals surface area contributed by atoms with Gasteiger partial charge in [-0.25, -0.2) is 14.6 Å². The lowest BCUT2D eigenvalue weighted by atomic mass is 10.2. The minimum absolute atomic E-state index is 0.121. The number of aromatic nitrogens is 4. The quantitative estimate of drug-likeness (QED) is 0.575. The van der Waals surface area contributed by atoms with Gasteiger partial charge in [-0.15, -0.1) is 5.10 Å². The number of hydrogen-bond donors (Lipinski definition) is 1. The van der Waals surface area contributed by atoms with E-state index in [2.05, 4.69) is 20.4 Å². The molecule has 1 N–H and O–H groups in total. The van der Waals surface area contributed by atoms with Crippen molar-refractivity contribution in [1.82, 2.24) is 19.7 Å². The molecule has 0 aliphatic heterocycles. The number of nitrogens with one attached hydrogen (secondary N) is 1. The summed E-state index contributed by atoms with van der Waals surface area (Å²) in [5.41, 5.74) is 2.50. The first-order chi connectivity index (χ1) is 15.0. The van der Waals surface area contributed by atoms with Gasteiger partial charge in [0.25, 0.3) is 0 Å². The van der Waals surface area contributed by atoms with Gasteiger partial charge in [-0.3, -0.25) is 9.59 Å². The van der Waals surface area contributed by atoms with Crippen molar-refractivity contribution in [2.24, 2.45) is 0 Å². The maximum Gasteiger partial charge on any atom is 0.302 e. The van der Waals surface area contributed by atoms with Gasteiger partial charge in [0.1, 0.15) is 12.4 Å². The Morgan fingerprint density at radius 3 is 2.68 bits per heavy atom. The normalized spacial score (nSPS) is 13.4. The van der Waals surface area contributed by atoms with E-state index in [0.717, 1.165) is 24.1 Å². The molecule has 1 aromatic carbocycles. The van der Waals surface area contributed by atoms with Crippen LogP contribution in [0.25, 0.3) is 17.5 Å². The molecular weight excluding hydrogens is 394 g/mol. The van der Waals surface area contributed by atoms with E-state index in [1.165, 1.54) is 18.5 Å². The molecule has 4 rings (SSSR count). The highest BCUT2D eigenvalue weighted by Gasteiger charge is 2.29. The number of ether oxygens (including phenoxy) is 1. The van der Waals surface area contributed by atoms with E-state index in [9.17, 15) is 9.59 Å². The first-order valence-electron chi connectivity index (χ1n) is 10.1. The van der Waals surface area contributed by atoms with Crippen LogP contribution in [0.15, 0.2) is 48.7 Å². The molecule has 0 atom stereocenters. The predicted octanol–water partition coefficient (Wildman–Crippen LogP) is 4.20. The standard InChI is InChI=1S/C23H23N5O3/c1-15(29)28-20(17-10-11-17)13-21(27-28)25-23-19(9-6-12-31-16(2)30)14-24-22(26-23)18-7-4-3-5-8-18/h3-9,13-14,17H,10-12H2,1-2H3,(H,24,25,26,27)/b9-6+. The van der Waals surface area contributed by atoms with Crippen LogP contribution in [0.5, 0.6) is 0 Å². The summed E-state index contributed by atoms with van der Waals surface area (Å²) in [4.78, 5) is 32.1. The molecule has 0 unspecified atom stereocenters. The van der Waals surface area contributed by atoms with Gasteiger partial charge >= 0.3 is 5.97 Å². The van der Waals surface area contributed by atoms with Crippen LogP contribution in [-0.4, -0.2) is 38.2 Å². The van der Waals surface area contributed by atoms with Crippen LogP contribution >= 0.6 is 0 Å². The summed E-state index contributed by atoms with van der Waals surface area (Å²) >= 11 is 0. The third kappa shape index (κ3) is 5.03. The summed E-state index contributed by atoms with van der Waals surface area (Å²) in [6.45, 7) is 3.02. The predicted molar refractivity (Wildman–Crippen MR) is 117 cm³/mol. The van der Waals surface area contributed by atoms with Crippen LogP contribution in [0, 0.1) is 0 Å². The van der Waals surface area contributed by atoms with Crippen LogP contribution in [0.1, 0.15) is 48.7 Å². The average Bonchev–Trinajstić information content (AvgIpc) is 3.52. The van der Waals surface area contributed by atoms with Crippen molar-refractivity contribution in [3.8, 4) is 11.4 Å².